The molecule has 0 unspecified atom stereocenters. The van der Waals surface area contributed by atoms with Gasteiger partial charge in [-0.25, -0.2) is 0 Å². The fourth-order valence-electron chi connectivity index (χ4n) is 2.49. The maximum absolute atomic E-state index is 12.3. The average molecular weight is 293 g/mol. The lowest BCUT2D eigenvalue weighted by Gasteiger charge is -2.31. The van der Waals surface area contributed by atoms with Crippen molar-refractivity contribution in [2.75, 3.05) is 13.1 Å². The Balaban J connectivity index is 1.64. The van der Waals surface area contributed by atoms with Gasteiger partial charge in [0.05, 0.1) is 5.69 Å². The Kier molecular flexibility index (Phi) is 3.61. The molecule has 2 aromatic rings. The zero-order valence-corrected chi connectivity index (χ0v) is 12.3. The number of hydrogen-bond acceptors (Lipinski definition) is 5. The molecule has 19 heavy (non-hydrogen) atoms. The van der Waals surface area contributed by atoms with Crippen molar-refractivity contribution < 1.29 is 4.79 Å². The van der Waals surface area contributed by atoms with Crippen LogP contribution in [0.5, 0.6) is 0 Å². The van der Waals surface area contributed by atoms with Crippen LogP contribution in [0.3, 0.4) is 0 Å². The molecule has 0 bridgehead atoms. The van der Waals surface area contributed by atoms with Gasteiger partial charge in [0, 0.05) is 13.1 Å². The van der Waals surface area contributed by atoms with E-state index in [0.29, 0.717) is 10.8 Å². The number of hydrogen-bond donors (Lipinski definition) is 0. The molecule has 6 heteroatoms. The third-order valence-corrected chi connectivity index (χ3v) is 5.16. The largest absolute Gasteiger partial charge is 0.338 e. The molecule has 100 valence electrons. The van der Waals surface area contributed by atoms with Gasteiger partial charge in [0.15, 0.2) is 0 Å². The van der Waals surface area contributed by atoms with E-state index in [1.807, 2.05) is 11.8 Å². The Morgan fingerprint density at radius 2 is 2.21 bits per heavy atom. The summed E-state index contributed by atoms with van der Waals surface area (Å²) in [5.74, 6) is 0.701. The number of rotatable bonds is 2. The maximum Gasteiger partial charge on any atom is 0.267 e. The van der Waals surface area contributed by atoms with Crippen LogP contribution in [0, 0.1) is 6.92 Å². The number of aryl methyl sites for hydroxylation is 1. The smallest absolute Gasteiger partial charge is 0.267 e. The van der Waals surface area contributed by atoms with Gasteiger partial charge < -0.3 is 4.90 Å². The van der Waals surface area contributed by atoms with Crippen molar-refractivity contribution in [2.24, 2.45) is 0 Å². The highest BCUT2D eigenvalue weighted by molar-refractivity contribution is 7.08. The SMILES string of the molecule is Cc1nnsc1C(=O)N1CCC(c2ccsc2)CC1. The second kappa shape index (κ2) is 5.38. The maximum atomic E-state index is 12.3. The third-order valence-electron chi connectivity index (χ3n) is 3.64. The molecule has 1 aliphatic heterocycles. The molecular weight excluding hydrogens is 278 g/mol. The van der Waals surface area contributed by atoms with Gasteiger partial charge in [-0.1, -0.05) is 4.49 Å². The number of carbonyl (C=O) groups is 1. The molecule has 0 saturated carbocycles. The predicted molar refractivity (Wildman–Crippen MR) is 76.8 cm³/mol. The van der Waals surface area contributed by atoms with Crippen LogP contribution < -0.4 is 0 Å². The monoisotopic (exact) mass is 293 g/mol. The van der Waals surface area contributed by atoms with Crippen LogP contribution in [-0.4, -0.2) is 33.5 Å². The van der Waals surface area contributed by atoms with Crippen LogP contribution in [0.1, 0.15) is 39.7 Å². The van der Waals surface area contributed by atoms with Crippen molar-refractivity contribution in [2.45, 2.75) is 25.7 Å². The fraction of sp³-hybridized carbons (Fsp3) is 0.462. The van der Waals surface area contributed by atoms with Gasteiger partial charge in [-0.2, -0.15) is 11.3 Å². The topological polar surface area (TPSA) is 46.1 Å². The molecule has 0 N–H and O–H groups in total. The summed E-state index contributed by atoms with van der Waals surface area (Å²) in [6, 6.07) is 2.20. The van der Waals surface area contributed by atoms with Crippen LogP contribution in [0.4, 0.5) is 0 Å². The van der Waals surface area contributed by atoms with E-state index >= 15 is 0 Å². The quantitative estimate of drug-likeness (QED) is 0.855. The highest BCUT2D eigenvalue weighted by Crippen LogP contribution is 2.30. The minimum absolute atomic E-state index is 0.0938. The molecule has 1 aliphatic rings. The van der Waals surface area contributed by atoms with E-state index in [1.165, 1.54) is 17.1 Å². The molecule has 0 spiro atoms. The van der Waals surface area contributed by atoms with Crippen LogP contribution in [-0.2, 0) is 0 Å². The standard InChI is InChI=1S/C13H15N3OS2/c1-9-12(19-15-14-9)13(17)16-5-2-10(3-6-16)11-4-7-18-8-11/h4,7-8,10H,2-3,5-6H2,1H3. The molecule has 4 nitrogen and oxygen atoms in total. The molecule has 3 heterocycles. The van der Waals surface area contributed by atoms with Gasteiger partial charge in [0.25, 0.3) is 5.91 Å². The molecule has 0 atom stereocenters. The first-order chi connectivity index (χ1) is 9.25. The van der Waals surface area contributed by atoms with Gasteiger partial charge in [-0.3, -0.25) is 4.79 Å². The molecule has 1 saturated heterocycles. The summed E-state index contributed by atoms with van der Waals surface area (Å²) in [6.07, 6.45) is 2.10. The Labute approximate surface area is 120 Å². The number of amides is 1. The molecule has 0 aliphatic carbocycles. The molecule has 1 amide bonds. The predicted octanol–water partition coefficient (Wildman–Crippen LogP) is 2.93. The molecule has 0 radical (unpaired) electrons. The first-order valence-corrected chi connectivity index (χ1v) is 8.07. The average Bonchev–Trinajstić information content (AvgIpc) is 3.09. The van der Waals surface area contributed by atoms with Crippen LogP contribution >= 0.6 is 22.9 Å². The second-order valence-electron chi connectivity index (χ2n) is 4.81. The summed E-state index contributed by atoms with van der Waals surface area (Å²) in [5.41, 5.74) is 2.17. The second-order valence-corrected chi connectivity index (χ2v) is 6.34. The summed E-state index contributed by atoms with van der Waals surface area (Å²) in [4.78, 5) is 15.0. The molecular formula is C13H15N3OS2. The van der Waals surface area contributed by atoms with Crippen molar-refractivity contribution in [1.82, 2.24) is 14.5 Å². The van der Waals surface area contributed by atoms with Gasteiger partial charge in [-0.05, 0) is 59.6 Å². The number of thiophene rings is 1. The Morgan fingerprint density at radius 3 is 2.79 bits per heavy atom. The summed E-state index contributed by atoms with van der Waals surface area (Å²) >= 11 is 2.94. The minimum atomic E-state index is 0.0938. The summed E-state index contributed by atoms with van der Waals surface area (Å²) < 4.78 is 3.84. The first kappa shape index (κ1) is 12.7. The van der Waals surface area contributed by atoms with Crippen molar-refractivity contribution >= 4 is 28.8 Å². The number of piperidine rings is 1. The van der Waals surface area contributed by atoms with Crippen LogP contribution in [0.2, 0.25) is 0 Å². The van der Waals surface area contributed by atoms with Crippen molar-refractivity contribution in [3.63, 3.8) is 0 Å². The van der Waals surface area contributed by atoms with E-state index in [9.17, 15) is 4.79 Å². The van der Waals surface area contributed by atoms with Gasteiger partial charge in [-0.15, -0.1) is 5.10 Å². The Hall–Kier alpha value is -1.27. The molecule has 2 aromatic heterocycles. The van der Waals surface area contributed by atoms with E-state index in [0.717, 1.165) is 31.6 Å². The Morgan fingerprint density at radius 1 is 1.42 bits per heavy atom. The zero-order chi connectivity index (χ0) is 13.2. The normalized spacial score (nSPS) is 16.8. The molecule has 0 aromatic carbocycles. The summed E-state index contributed by atoms with van der Waals surface area (Å²) in [7, 11) is 0. The number of likely N-dealkylation sites (tertiary alicyclic amines) is 1. The Bertz CT molecular complexity index is 556. The van der Waals surface area contributed by atoms with E-state index in [2.05, 4.69) is 26.4 Å². The lowest BCUT2D eigenvalue weighted by molar-refractivity contribution is 0.0717. The highest BCUT2D eigenvalue weighted by Gasteiger charge is 2.26. The number of nitrogens with zero attached hydrogens (tertiary/aromatic N) is 3. The van der Waals surface area contributed by atoms with Crippen molar-refractivity contribution in [1.29, 1.82) is 0 Å². The van der Waals surface area contributed by atoms with Gasteiger partial charge in [0.1, 0.15) is 4.88 Å². The summed E-state index contributed by atoms with van der Waals surface area (Å²) in [6.45, 7) is 3.50. The number of carbonyl (C=O) groups excluding carboxylic acids is 1. The first-order valence-electron chi connectivity index (χ1n) is 6.36. The third kappa shape index (κ3) is 2.55. The van der Waals surface area contributed by atoms with Crippen LogP contribution in [0.15, 0.2) is 16.8 Å². The van der Waals surface area contributed by atoms with E-state index < -0.39 is 0 Å². The van der Waals surface area contributed by atoms with Gasteiger partial charge >= 0.3 is 0 Å². The lowest BCUT2D eigenvalue weighted by Crippen LogP contribution is -2.37. The zero-order valence-electron chi connectivity index (χ0n) is 10.7. The van der Waals surface area contributed by atoms with Gasteiger partial charge in [0.2, 0.25) is 0 Å². The van der Waals surface area contributed by atoms with Crippen LogP contribution in [0.25, 0.3) is 0 Å². The minimum Gasteiger partial charge on any atom is -0.338 e. The summed E-state index contributed by atoms with van der Waals surface area (Å²) in [5, 5.41) is 8.26. The van der Waals surface area contributed by atoms with Crippen molar-refractivity contribution in [3.05, 3.63) is 33.0 Å². The van der Waals surface area contributed by atoms with Crippen molar-refractivity contribution in [3.8, 4) is 0 Å². The molecule has 1 fully saturated rings. The molecule has 3 rings (SSSR count). The van der Waals surface area contributed by atoms with E-state index in [4.69, 9.17) is 0 Å². The fourth-order valence-corrected chi connectivity index (χ4v) is 3.86. The van der Waals surface area contributed by atoms with E-state index in [-0.39, 0.29) is 5.91 Å². The lowest BCUT2D eigenvalue weighted by atomic mass is 9.91. The number of aromatic nitrogens is 2. The highest BCUT2D eigenvalue weighted by atomic mass is 32.1. The van der Waals surface area contributed by atoms with E-state index in [1.54, 1.807) is 11.3 Å².